The molecule has 0 fully saturated rings. The summed E-state index contributed by atoms with van der Waals surface area (Å²) >= 11 is 0. The molecule has 114 valence electrons. The Hall–Kier alpha value is -2.04. The lowest BCUT2D eigenvalue weighted by molar-refractivity contribution is -0.143. The van der Waals surface area contributed by atoms with Gasteiger partial charge in [0.25, 0.3) is 0 Å². The molecule has 1 aromatic carbocycles. The van der Waals surface area contributed by atoms with Gasteiger partial charge >= 0.3 is 5.97 Å². The van der Waals surface area contributed by atoms with Crippen LogP contribution in [0.1, 0.15) is 38.9 Å². The van der Waals surface area contributed by atoms with Crippen molar-refractivity contribution in [1.82, 2.24) is 9.55 Å². The molecule has 5 heteroatoms. The lowest BCUT2D eigenvalue weighted by atomic mass is 10.2. The maximum absolute atomic E-state index is 11.4. The summed E-state index contributed by atoms with van der Waals surface area (Å²) in [5.41, 5.74) is 8.55. The van der Waals surface area contributed by atoms with E-state index in [9.17, 15) is 4.79 Å². The molecule has 0 atom stereocenters. The average Bonchev–Trinajstić information content (AvgIpc) is 2.76. The zero-order valence-corrected chi connectivity index (χ0v) is 12.8. The fraction of sp³-hybridized carbons (Fsp3) is 0.500. The Morgan fingerprint density at radius 3 is 2.90 bits per heavy atom. The van der Waals surface area contributed by atoms with Gasteiger partial charge in [-0.1, -0.05) is 6.92 Å². The second kappa shape index (κ2) is 7.11. The van der Waals surface area contributed by atoms with E-state index in [1.807, 2.05) is 25.1 Å². The molecule has 2 rings (SSSR count). The van der Waals surface area contributed by atoms with Gasteiger partial charge in [-0.15, -0.1) is 0 Å². The van der Waals surface area contributed by atoms with Gasteiger partial charge in [0.1, 0.15) is 5.82 Å². The number of carbonyl (C=O) groups is 1. The number of carbonyl (C=O) groups excluding carboxylic acids is 1. The van der Waals surface area contributed by atoms with Crippen molar-refractivity contribution in [2.45, 2.75) is 46.1 Å². The first kappa shape index (κ1) is 15.4. The number of hydrogen-bond donors (Lipinski definition) is 1. The number of anilines is 1. The van der Waals surface area contributed by atoms with Gasteiger partial charge in [0, 0.05) is 25.1 Å². The minimum atomic E-state index is -0.136. The molecule has 0 aliphatic heterocycles. The van der Waals surface area contributed by atoms with Crippen LogP contribution in [0.3, 0.4) is 0 Å². The highest BCUT2D eigenvalue weighted by Crippen LogP contribution is 2.20. The molecule has 0 saturated heterocycles. The van der Waals surface area contributed by atoms with Crippen LogP contribution in [0.25, 0.3) is 11.0 Å². The van der Waals surface area contributed by atoms with Crippen molar-refractivity contribution >= 4 is 22.7 Å². The van der Waals surface area contributed by atoms with Gasteiger partial charge in [-0.05, 0) is 38.0 Å². The first-order chi connectivity index (χ1) is 10.2. The predicted octanol–water partition coefficient (Wildman–Crippen LogP) is 2.91. The number of esters is 1. The third kappa shape index (κ3) is 3.74. The standard InChI is InChI=1S/C16H23N3O2/c1-3-6-15-18-13-11-12(17)8-9-14(13)19(15)10-5-7-16(20)21-4-2/h8-9,11H,3-7,10,17H2,1-2H3. The zero-order chi connectivity index (χ0) is 15.2. The normalized spacial score (nSPS) is 11.0. The van der Waals surface area contributed by atoms with E-state index in [1.54, 1.807) is 0 Å². The molecule has 2 N–H and O–H groups in total. The first-order valence-corrected chi connectivity index (χ1v) is 7.56. The molecule has 1 aromatic heterocycles. The Labute approximate surface area is 125 Å². The Bertz CT molecular complexity index is 619. The highest BCUT2D eigenvalue weighted by Gasteiger charge is 2.11. The van der Waals surface area contributed by atoms with Crippen molar-refractivity contribution in [3.63, 3.8) is 0 Å². The van der Waals surface area contributed by atoms with Crippen LogP contribution in [0, 0.1) is 0 Å². The van der Waals surface area contributed by atoms with E-state index in [-0.39, 0.29) is 5.97 Å². The van der Waals surface area contributed by atoms with Crippen LogP contribution >= 0.6 is 0 Å². The van der Waals surface area contributed by atoms with Crippen LogP contribution in [0.4, 0.5) is 5.69 Å². The second-order valence-corrected chi connectivity index (χ2v) is 5.09. The number of nitrogens with zero attached hydrogens (tertiary/aromatic N) is 2. The maximum atomic E-state index is 11.4. The number of benzene rings is 1. The third-order valence-corrected chi connectivity index (χ3v) is 3.39. The number of fused-ring (bicyclic) bond motifs is 1. The molecule has 0 aliphatic rings. The van der Waals surface area contributed by atoms with Gasteiger partial charge in [0.2, 0.25) is 0 Å². The van der Waals surface area contributed by atoms with Crippen molar-refractivity contribution < 1.29 is 9.53 Å². The number of aromatic nitrogens is 2. The Morgan fingerprint density at radius 1 is 1.38 bits per heavy atom. The van der Waals surface area contributed by atoms with Gasteiger partial charge in [-0.2, -0.15) is 0 Å². The average molecular weight is 289 g/mol. The third-order valence-electron chi connectivity index (χ3n) is 3.39. The minimum Gasteiger partial charge on any atom is -0.466 e. The minimum absolute atomic E-state index is 0.136. The molecule has 0 spiro atoms. The van der Waals surface area contributed by atoms with Crippen molar-refractivity contribution in [1.29, 1.82) is 0 Å². The van der Waals surface area contributed by atoms with Gasteiger partial charge < -0.3 is 15.0 Å². The first-order valence-electron chi connectivity index (χ1n) is 7.56. The monoisotopic (exact) mass is 289 g/mol. The van der Waals surface area contributed by atoms with E-state index in [0.29, 0.717) is 13.0 Å². The number of rotatable bonds is 7. The highest BCUT2D eigenvalue weighted by molar-refractivity contribution is 5.79. The highest BCUT2D eigenvalue weighted by atomic mass is 16.5. The van der Waals surface area contributed by atoms with Crippen molar-refractivity contribution in [3.05, 3.63) is 24.0 Å². The molecule has 0 bridgehead atoms. The number of imidazole rings is 1. The molecule has 21 heavy (non-hydrogen) atoms. The molecular weight excluding hydrogens is 266 g/mol. The van der Waals surface area contributed by atoms with Gasteiger partial charge in [-0.25, -0.2) is 4.98 Å². The van der Waals surface area contributed by atoms with Crippen molar-refractivity contribution in [2.75, 3.05) is 12.3 Å². The van der Waals surface area contributed by atoms with E-state index in [4.69, 9.17) is 10.5 Å². The Kier molecular flexibility index (Phi) is 5.20. The fourth-order valence-electron chi connectivity index (χ4n) is 2.48. The lowest BCUT2D eigenvalue weighted by Gasteiger charge is -2.08. The van der Waals surface area contributed by atoms with E-state index in [1.165, 1.54) is 0 Å². The van der Waals surface area contributed by atoms with Crippen LogP contribution < -0.4 is 5.73 Å². The molecule has 5 nitrogen and oxygen atoms in total. The largest absolute Gasteiger partial charge is 0.466 e. The van der Waals surface area contributed by atoms with Gasteiger partial charge in [0.05, 0.1) is 17.6 Å². The summed E-state index contributed by atoms with van der Waals surface area (Å²) in [4.78, 5) is 16.1. The summed E-state index contributed by atoms with van der Waals surface area (Å²) in [7, 11) is 0. The molecule has 0 radical (unpaired) electrons. The maximum Gasteiger partial charge on any atom is 0.305 e. The number of aryl methyl sites for hydroxylation is 2. The smallest absolute Gasteiger partial charge is 0.305 e. The summed E-state index contributed by atoms with van der Waals surface area (Å²) in [5.74, 6) is 0.921. The summed E-state index contributed by atoms with van der Waals surface area (Å²) < 4.78 is 7.15. The van der Waals surface area contributed by atoms with Crippen molar-refractivity contribution in [3.8, 4) is 0 Å². The summed E-state index contributed by atoms with van der Waals surface area (Å²) in [5, 5.41) is 0. The van der Waals surface area contributed by atoms with Gasteiger partial charge in [0.15, 0.2) is 0 Å². The Morgan fingerprint density at radius 2 is 2.19 bits per heavy atom. The van der Waals surface area contributed by atoms with Crippen molar-refractivity contribution in [2.24, 2.45) is 0 Å². The van der Waals surface area contributed by atoms with Crippen LogP contribution in [0.2, 0.25) is 0 Å². The lowest BCUT2D eigenvalue weighted by Crippen LogP contribution is -2.08. The molecule has 2 aromatic rings. The summed E-state index contributed by atoms with van der Waals surface area (Å²) in [6.45, 7) is 5.17. The summed E-state index contributed by atoms with van der Waals surface area (Å²) in [6, 6.07) is 5.79. The molecule has 0 unspecified atom stereocenters. The topological polar surface area (TPSA) is 70.1 Å². The summed E-state index contributed by atoms with van der Waals surface area (Å²) in [6.07, 6.45) is 3.16. The SMILES string of the molecule is CCCc1nc2cc(N)ccc2n1CCCC(=O)OCC. The molecular formula is C16H23N3O2. The fourth-order valence-corrected chi connectivity index (χ4v) is 2.48. The van der Waals surface area contributed by atoms with E-state index >= 15 is 0 Å². The number of nitrogen functional groups attached to an aromatic ring is 1. The van der Waals surface area contributed by atoms with Crippen LogP contribution in [0.15, 0.2) is 18.2 Å². The predicted molar refractivity (Wildman–Crippen MR) is 84.0 cm³/mol. The number of nitrogens with two attached hydrogens (primary N) is 1. The second-order valence-electron chi connectivity index (χ2n) is 5.09. The number of ether oxygens (including phenoxy) is 1. The zero-order valence-electron chi connectivity index (χ0n) is 12.8. The molecule has 1 heterocycles. The number of hydrogen-bond acceptors (Lipinski definition) is 4. The quantitative estimate of drug-likeness (QED) is 0.628. The molecule has 0 saturated carbocycles. The molecule has 0 amide bonds. The molecule has 0 aliphatic carbocycles. The Balaban J connectivity index is 2.16. The van der Waals surface area contributed by atoms with Crippen LogP contribution in [0.5, 0.6) is 0 Å². The van der Waals surface area contributed by atoms with Gasteiger partial charge in [-0.3, -0.25) is 4.79 Å². The van der Waals surface area contributed by atoms with Crippen LogP contribution in [-0.4, -0.2) is 22.1 Å². The van der Waals surface area contributed by atoms with E-state index in [0.717, 1.165) is 48.4 Å². The van der Waals surface area contributed by atoms with E-state index < -0.39 is 0 Å². The van der Waals surface area contributed by atoms with E-state index in [2.05, 4.69) is 16.5 Å². The van der Waals surface area contributed by atoms with Crippen LogP contribution in [-0.2, 0) is 22.5 Å².